The van der Waals surface area contributed by atoms with Crippen LogP contribution in [-0.2, 0) is 4.74 Å². The second kappa shape index (κ2) is 8.15. The Kier molecular flexibility index (Phi) is 6.72. The minimum absolute atomic E-state index is 0.165. The van der Waals surface area contributed by atoms with Crippen molar-refractivity contribution in [2.45, 2.75) is 80.7 Å². The highest BCUT2D eigenvalue weighted by Crippen LogP contribution is 2.25. The number of aliphatic hydroxyl groups is 7. The van der Waals surface area contributed by atoms with Gasteiger partial charge in [0.25, 0.3) is 0 Å². The smallest absolute Gasteiger partial charge is 0.183 e. The Morgan fingerprint density at radius 1 is 0.957 bits per heavy atom. The zero-order chi connectivity index (χ0) is 17.1. The zero-order valence-corrected chi connectivity index (χ0v) is 12.8. The molecule has 0 aromatic rings. The Hall–Kier alpha value is -0.360. The van der Waals surface area contributed by atoms with Crippen molar-refractivity contribution in [1.82, 2.24) is 5.32 Å². The first-order valence-corrected chi connectivity index (χ1v) is 7.94. The number of nitrogens with one attached hydrogen (secondary N) is 1. The van der Waals surface area contributed by atoms with Crippen LogP contribution in [-0.4, -0.2) is 97.4 Å². The first-order chi connectivity index (χ1) is 10.8. The van der Waals surface area contributed by atoms with Crippen LogP contribution in [0.25, 0.3) is 0 Å². The average molecular weight is 337 g/mol. The summed E-state index contributed by atoms with van der Waals surface area (Å²) in [5.74, 6) is 0. The molecule has 1 unspecified atom stereocenters. The summed E-state index contributed by atoms with van der Waals surface area (Å²) in [7, 11) is 0. The molecule has 8 N–H and O–H groups in total. The van der Waals surface area contributed by atoms with Crippen LogP contribution in [0, 0.1) is 0 Å². The quantitative estimate of drug-likeness (QED) is 0.253. The molecule has 136 valence electrons. The van der Waals surface area contributed by atoms with Gasteiger partial charge in [-0.3, -0.25) is 0 Å². The molecule has 0 aromatic heterocycles. The number of rotatable bonds is 5. The molecule has 9 heteroatoms. The van der Waals surface area contributed by atoms with Crippen molar-refractivity contribution in [3.8, 4) is 0 Å². The Morgan fingerprint density at radius 3 is 2.30 bits per heavy atom. The summed E-state index contributed by atoms with van der Waals surface area (Å²) >= 11 is 0. The second-order valence-corrected chi connectivity index (χ2v) is 6.46. The topological polar surface area (TPSA) is 163 Å². The summed E-state index contributed by atoms with van der Waals surface area (Å²) in [5.41, 5.74) is 0. The lowest BCUT2D eigenvalue weighted by atomic mass is 9.88. The van der Waals surface area contributed by atoms with Gasteiger partial charge >= 0.3 is 0 Å². The number of ether oxygens (including phenoxy) is 1. The highest BCUT2D eigenvalue weighted by atomic mass is 16.6. The van der Waals surface area contributed by atoms with Crippen molar-refractivity contribution in [3.63, 3.8) is 0 Å². The highest BCUT2D eigenvalue weighted by molar-refractivity contribution is 4.92. The van der Waals surface area contributed by atoms with Crippen LogP contribution in [0.1, 0.15) is 25.7 Å². The number of hydrogen-bond acceptors (Lipinski definition) is 9. The molecule has 23 heavy (non-hydrogen) atoms. The fourth-order valence-electron chi connectivity index (χ4n) is 3.29. The predicted molar refractivity (Wildman–Crippen MR) is 77.2 cm³/mol. The molecule has 0 bridgehead atoms. The lowest BCUT2D eigenvalue weighted by molar-refractivity contribution is -0.283. The van der Waals surface area contributed by atoms with Crippen molar-refractivity contribution >= 4 is 0 Å². The van der Waals surface area contributed by atoms with E-state index in [1.165, 1.54) is 0 Å². The number of aliphatic hydroxyl groups excluding tert-OH is 7. The van der Waals surface area contributed by atoms with Gasteiger partial charge in [0.1, 0.15) is 18.3 Å². The molecule has 2 heterocycles. The lowest BCUT2D eigenvalue weighted by Gasteiger charge is -2.40. The third-order valence-corrected chi connectivity index (χ3v) is 4.67. The van der Waals surface area contributed by atoms with Crippen molar-refractivity contribution in [2.75, 3.05) is 6.61 Å². The van der Waals surface area contributed by atoms with E-state index >= 15 is 0 Å². The van der Waals surface area contributed by atoms with Gasteiger partial charge in [-0.25, -0.2) is 0 Å². The van der Waals surface area contributed by atoms with E-state index in [4.69, 9.17) is 9.84 Å². The predicted octanol–water partition coefficient (Wildman–Crippen LogP) is -3.60. The van der Waals surface area contributed by atoms with E-state index in [0.29, 0.717) is 19.3 Å². The minimum Gasteiger partial charge on any atom is -0.394 e. The van der Waals surface area contributed by atoms with E-state index in [9.17, 15) is 30.6 Å². The molecule has 2 aliphatic heterocycles. The first-order valence-electron chi connectivity index (χ1n) is 7.94. The Labute approximate surface area is 134 Å². The molecule has 9 atom stereocenters. The Balaban J connectivity index is 1.87. The molecule has 0 amide bonds. The van der Waals surface area contributed by atoms with E-state index in [1.54, 1.807) is 0 Å². The molecule has 0 aromatic carbocycles. The largest absolute Gasteiger partial charge is 0.394 e. The fourth-order valence-corrected chi connectivity index (χ4v) is 3.29. The van der Waals surface area contributed by atoms with Crippen LogP contribution in [0.4, 0.5) is 0 Å². The van der Waals surface area contributed by atoms with E-state index < -0.39 is 55.6 Å². The number of hydrogen-bond donors (Lipinski definition) is 8. The van der Waals surface area contributed by atoms with E-state index in [-0.39, 0.29) is 12.5 Å². The Morgan fingerprint density at radius 2 is 1.65 bits per heavy atom. The summed E-state index contributed by atoms with van der Waals surface area (Å²) < 4.78 is 5.11. The first kappa shape index (κ1) is 19.0. The van der Waals surface area contributed by atoms with E-state index in [0.717, 1.165) is 0 Å². The van der Waals surface area contributed by atoms with Gasteiger partial charge in [-0.1, -0.05) is 0 Å². The van der Waals surface area contributed by atoms with Crippen molar-refractivity contribution in [1.29, 1.82) is 0 Å². The molecule has 9 nitrogen and oxygen atoms in total. The maximum atomic E-state index is 9.90. The van der Waals surface area contributed by atoms with Crippen LogP contribution in [0.15, 0.2) is 0 Å². The van der Waals surface area contributed by atoms with Crippen molar-refractivity contribution in [3.05, 3.63) is 0 Å². The van der Waals surface area contributed by atoms with Gasteiger partial charge in [0, 0.05) is 12.1 Å². The van der Waals surface area contributed by atoms with Gasteiger partial charge in [0.2, 0.25) is 0 Å². The molecule has 0 saturated carbocycles. The normalized spacial score (nSPS) is 46.6. The van der Waals surface area contributed by atoms with Crippen molar-refractivity contribution < 1.29 is 40.5 Å². The van der Waals surface area contributed by atoms with Gasteiger partial charge in [-0.2, -0.15) is 0 Å². The van der Waals surface area contributed by atoms with E-state index in [2.05, 4.69) is 5.32 Å². The summed E-state index contributed by atoms with van der Waals surface area (Å²) in [6.45, 7) is -0.405. The minimum atomic E-state index is -1.56. The molecule has 2 saturated heterocycles. The summed E-state index contributed by atoms with van der Waals surface area (Å²) in [5, 5.41) is 70.2. The van der Waals surface area contributed by atoms with Crippen molar-refractivity contribution in [2.24, 2.45) is 0 Å². The molecule has 0 aliphatic carbocycles. The van der Waals surface area contributed by atoms with Crippen LogP contribution in [0.5, 0.6) is 0 Å². The van der Waals surface area contributed by atoms with Gasteiger partial charge in [0.15, 0.2) is 6.29 Å². The standard InChI is InChI=1S/C14H27NO8/c16-5-9(18)8-4-7(17)3-6(15-8)1-2-10-11(19)12(20)13(21)14(22)23-10/h6-22H,1-5H2/t6-,7+,8-,9+,10+,11-,12-,13+,14?/m0/s1. The maximum Gasteiger partial charge on any atom is 0.183 e. The lowest BCUT2D eigenvalue weighted by Crippen LogP contribution is -2.58. The molecule has 2 rings (SSSR count). The Bertz CT molecular complexity index is 373. The third-order valence-electron chi connectivity index (χ3n) is 4.67. The van der Waals surface area contributed by atoms with Crippen LogP contribution in [0.2, 0.25) is 0 Å². The fraction of sp³-hybridized carbons (Fsp3) is 1.00. The van der Waals surface area contributed by atoms with Gasteiger partial charge in [0.05, 0.1) is 24.9 Å². The van der Waals surface area contributed by atoms with Crippen LogP contribution in [0.3, 0.4) is 0 Å². The summed E-state index contributed by atoms with van der Waals surface area (Å²) in [4.78, 5) is 0. The monoisotopic (exact) mass is 337 g/mol. The molecule has 2 fully saturated rings. The molecule has 2 aliphatic rings. The molecule has 0 spiro atoms. The second-order valence-electron chi connectivity index (χ2n) is 6.46. The molecular formula is C14H27NO8. The van der Waals surface area contributed by atoms with E-state index in [1.807, 2.05) is 0 Å². The van der Waals surface area contributed by atoms with Crippen LogP contribution >= 0.6 is 0 Å². The average Bonchev–Trinajstić information content (AvgIpc) is 2.53. The van der Waals surface area contributed by atoms with Gasteiger partial charge in [-0.05, 0) is 25.7 Å². The van der Waals surface area contributed by atoms with Crippen LogP contribution < -0.4 is 5.32 Å². The third kappa shape index (κ3) is 4.59. The maximum absolute atomic E-state index is 9.90. The summed E-state index contributed by atoms with van der Waals surface area (Å²) in [6.07, 6.45) is -6.81. The summed E-state index contributed by atoms with van der Waals surface area (Å²) in [6, 6.07) is -0.592. The van der Waals surface area contributed by atoms with Gasteiger partial charge in [-0.15, -0.1) is 0 Å². The zero-order valence-electron chi connectivity index (χ0n) is 12.8. The van der Waals surface area contributed by atoms with Gasteiger partial charge < -0.3 is 45.8 Å². The SMILES string of the molecule is OC[C@@H](O)[C@@H]1C[C@H](O)C[C@H](CC[C@H]2OC(O)[C@H](O)[C@@H](O)[C@H]2O)N1. The highest BCUT2D eigenvalue weighted by Gasteiger charge is 2.43. The molecular weight excluding hydrogens is 310 g/mol. The number of piperidine rings is 1. The molecule has 0 radical (unpaired) electrons.